The van der Waals surface area contributed by atoms with Gasteiger partial charge in [0.15, 0.2) is 0 Å². The van der Waals surface area contributed by atoms with E-state index in [-0.39, 0.29) is 5.91 Å². The van der Waals surface area contributed by atoms with Crippen LogP contribution in [-0.2, 0) is 4.74 Å². The summed E-state index contributed by atoms with van der Waals surface area (Å²) in [6.45, 7) is 4.49. The number of carbonyl (C=O) groups is 1. The van der Waals surface area contributed by atoms with Crippen LogP contribution in [0.3, 0.4) is 0 Å². The van der Waals surface area contributed by atoms with E-state index in [1.165, 1.54) is 0 Å². The van der Waals surface area contributed by atoms with Crippen LogP contribution >= 0.6 is 0 Å². The molecule has 0 saturated carbocycles. The standard InChI is InChI=1S/C17H17N5O2/c1-12-9-15(21-17(19-12)22-5-7-24-8-6-22)16(23)20-14-4-2-3-13(10-14)11-18/h2-4,9-10H,5-8H2,1H3,(H,20,23). The summed E-state index contributed by atoms with van der Waals surface area (Å²) in [5.74, 6) is 0.208. The summed E-state index contributed by atoms with van der Waals surface area (Å²) < 4.78 is 5.33. The van der Waals surface area contributed by atoms with Crippen LogP contribution in [0.1, 0.15) is 21.7 Å². The Hall–Kier alpha value is -2.98. The third kappa shape index (κ3) is 3.67. The zero-order valence-corrected chi connectivity index (χ0v) is 13.3. The van der Waals surface area contributed by atoms with E-state index in [9.17, 15) is 4.79 Å². The van der Waals surface area contributed by atoms with Gasteiger partial charge >= 0.3 is 0 Å². The van der Waals surface area contributed by atoms with Crippen LogP contribution in [0.5, 0.6) is 0 Å². The van der Waals surface area contributed by atoms with Crippen LogP contribution in [0.2, 0.25) is 0 Å². The maximum Gasteiger partial charge on any atom is 0.274 e. The lowest BCUT2D eigenvalue weighted by Crippen LogP contribution is -2.37. The number of aromatic nitrogens is 2. The first-order valence-corrected chi connectivity index (χ1v) is 7.65. The molecule has 0 bridgehead atoms. The summed E-state index contributed by atoms with van der Waals surface area (Å²) in [4.78, 5) is 23.3. The average molecular weight is 323 g/mol. The van der Waals surface area contributed by atoms with Gasteiger partial charge in [0.2, 0.25) is 5.95 Å². The molecule has 1 aliphatic rings. The maximum absolute atomic E-state index is 12.5. The lowest BCUT2D eigenvalue weighted by molar-refractivity contribution is 0.102. The Labute approximate surface area is 139 Å². The number of hydrogen-bond donors (Lipinski definition) is 1. The van der Waals surface area contributed by atoms with Gasteiger partial charge in [0.05, 0.1) is 24.8 Å². The fourth-order valence-electron chi connectivity index (χ4n) is 2.44. The summed E-state index contributed by atoms with van der Waals surface area (Å²) in [5, 5.41) is 11.7. The fourth-order valence-corrected chi connectivity index (χ4v) is 2.44. The predicted octanol–water partition coefficient (Wildman–Crippen LogP) is 1.75. The van der Waals surface area contributed by atoms with Gasteiger partial charge in [-0.2, -0.15) is 5.26 Å². The first-order chi connectivity index (χ1) is 11.7. The van der Waals surface area contributed by atoms with E-state index in [4.69, 9.17) is 10.00 Å². The van der Waals surface area contributed by atoms with Gasteiger partial charge in [-0.15, -0.1) is 0 Å². The molecular formula is C17H17N5O2. The number of nitrogens with one attached hydrogen (secondary N) is 1. The van der Waals surface area contributed by atoms with Crippen LogP contribution in [0.15, 0.2) is 30.3 Å². The zero-order valence-electron chi connectivity index (χ0n) is 13.3. The molecule has 0 unspecified atom stereocenters. The summed E-state index contributed by atoms with van der Waals surface area (Å²) >= 11 is 0. The van der Waals surface area contributed by atoms with E-state index in [1.54, 1.807) is 30.3 Å². The smallest absolute Gasteiger partial charge is 0.274 e. The number of morpholine rings is 1. The number of nitrogens with zero attached hydrogens (tertiary/aromatic N) is 4. The Morgan fingerprint density at radius 1 is 1.29 bits per heavy atom. The lowest BCUT2D eigenvalue weighted by atomic mass is 10.2. The molecule has 122 valence electrons. The quantitative estimate of drug-likeness (QED) is 0.925. The Morgan fingerprint density at radius 2 is 2.08 bits per heavy atom. The molecule has 2 heterocycles. The molecule has 0 spiro atoms. The molecule has 24 heavy (non-hydrogen) atoms. The van der Waals surface area contributed by atoms with Crippen molar-refractivity contribution in [3.05, 3.63) is 47.3 Å². The molecule has 1 fully saturated rings. The molecule has 1 aliphatic heterocycles. The minimum absolute atomic E-state index is 0.298. The van der Waals surface area contributed by atoms with Gasteiger partial charge in [0.1, 0.15) is 5.69 Å². The molecule has 3 rings (SSSR count). The Bertz CT molecular complexity index is 794. The van der Waals surface area contributed by atoms with Gasteiger partial charge in [-0.25, -0.2) is 9.97 Å². The van der Waals surface area contributed by atoms with Crippen molar-refractivity contribution in [3.8, 4) is 6.07 Å². The topological polar surface area (TPSA) is 91.1 Å². The SMILES string of the molecule is Cc1cc(C(=O)Nc2cccc(C#N)c2)nc(N2CCOCC2)n1. The van der Waals surface area contributed by atoms with Gasteiger partial charge in [-0.1, -0.05) is 6.07 Å². The molecule has 1 amide bonds. The van der Waals surface area contributed by atoms with Crippen molar-refractivity contribution >= 4 is 17.5 Å². The molecule has 1 N–H and O–H groups in total. The van der Waals surface area contributed by atoms with Crippen molar-refractivity contribution in [1.29, 1.82) is 5.26 Å². The summed E-state index contributed by atoms with van der Waals surface area (Å²) in [6, 6.07) is 10.4. The van der Waals surface area contributed by atoms with Gasteiger partial charge < -0.3 is 15.0 Å². The van der Waals surface area contributed by atoms with Gasteiger partial charge in [-0.05, 0) is 31.2 Å². The molecule has 0 aliphatic carbocycles. The highest BCUT2D eigenvalue weighted by atomic mass is 16.5. The number of benzene rings is 1. The Kier molecular flexibility index (Phi) is 4.68. The van der Waals surface area contributed by atoms with Crippen LogP contribution in [0.4, 0.5) is 11.6 Å². The van der Waals surface area contributed by atoms with Gasteiger partial charge in [0.25, 0.3) is 5.91 Å². The van der Waals surface area contributed by atoms with Crippen molar-refractivity contribution in [2.24, 2.45) is 0 Å². The number of rotatable bonds is 3. The van der Waals surface area contributed by atoms with E-state index < -0.39 is 0 Å². The van der Waals surface area contributed by atoms with E-state index in [2.05, 4.69) is 15.3 Å². The molecular weight excluding hydrogens is 306 g/mol. The molecule has 1 aromatic heterocycles. The summed E-state index contributed by atoms with van der Waals surface area (Å²) in [5.41, 5.74) is 2.07. The largest absolute Gasteiger partial charge is 0.378 e. The van der Waals surface area contributed by atoms with Crippen molar-refractivity contribution in [3.63, 3.8) is 0 Å². The van der Waals surface area contributed by atoms with E-state index in [1.807, 2.05) is 17.9 Å². The fraction of sp³-hybridized carbons (Fsp3) is 0.294. The van der Waals surface area contributed by atoms with E-state index in [0.717, 1.165) is 5.69 Å². The molecule has 7 nitrogen and oxygen atoms in total. The Balaban J connectivity index is 1.81. The summed E-state index contributed by atoms with van der Waals surface area (Å²) in [6.07, 6.45) is 0. The number of nitriles is 1. The second-order valence-electron chi connectivity index (χ2n) is 5.44. The molecule has 7 heteroatoms. The summed E-state index contributed by atoms with van der Waals surface area (Å²) in [7, 11) is 0. The third-order valence-corrected chi connectivity index (χ3v) is 3.62. The molecule has 2 aromatic rings. The first-order valence-electron chi connectivity index (χ1n) is 7.65. The number of aryl methyl sites for hydroxylation is 1. The van der Waals surface area contributed by atoms with Crippen LogP contribution in [0, 0.1) is 18.3 Å². The third-order valence-electron chi connectivity index (χ3n) is 3.62. The zero-order chi connectivity index (χ0) is 16.9. The van der Waals surface area contributed by atoms with Gasteiger partial charge in [-0.3, -0.25) is 4.79 Å². The first kappa shape index (κ1) is 15.9. The van der Waals surface area contributed by atoms with Crippen molar-refractivity contribution in [1.82, 2.24) is 9.97 Å². The lowest BCUT2D eigenvalue weighted by Gasteiger charge is -2.27. The molecule has 1 aromatic carbocycles. The second kappa shape index (κ2) is 7.06. The second-order valence-corrected chi connectivity index (χ2v) is 5.44. The number of ether oxygens (including phenoxy) is 1. The normalized spacial score (nSPS) is 14.1. The minimum atomic E-state index is -0.329. The van der Waals surface area contributed by atoms with Gasteiger partial charge in [0, 0.05) is 24.5 Å². The highest BCUT2D eigenvalue weighted by Crippen LogP contribution is 2.15. The van der Waals surface area contributed by atoms with E-state index in [0.29, 0.717) is 49.2 Å². The number of anilines is 2. The highest BCUT2D eigenvalue weighted by molar-refractivity contribution is 6.03. The monoisotopic (exact) mass is 323 g/mol. The van der Waals surface area contributed by atoms with Crippen molar-refractivity contribution in [2.45, 2.75) is 6.92 Å². The minimum Gasteiger partial charge on any atom is -0.378 e. The highest BCUT2D eigenvalue weighted by Gasteiger charge is 2.17. The molecule has 0 radical (unpaired) electrons. The van der Waals surface area contributed by atoms with Crippen LogP contribution in [0.25, 0.3) is 0 Å². The number of amides is 1. The molecule has 1 saturated heterocycles. The number of hydrogen-bond acceptors (Lipinski definition) is 6. The maximum atomic E-state index is 12.5. The number of carbonyl (C=O) groups excluding carboxylic acids is 1. The van der Waals surface area contributed by atoms with Crippen molar-refractivity contribution < 1.29 is 9.53 Å². The van der Waals surface area contributed by atoms with Crippen molar-refractivity contribution in [2.75, 3.05) is 36.5 Å². The van der Waals surface area contributed by atoms with E-state index >= 15 is 0 Å². The van der Waals surface area contributed by atoms with Crippen LogP contribution < -0.4 is 10.2 Å². The van der Waals surface area contributed by atoms with Crippen LogP contribution in [-0.4, -0.2) is 42.2 Å². The average Bonchev–Trinajstić information content (AvgIpc) is 2.62. The predicted molar refractivity (Wildman–Crippen MR) is 88.9 cm³/mol. The molecule has 0 atom stereocenters. The Morgan fingerprint density at radius 3 is 2.83 bits per heavy atom.